The van der Waals surface area contributed by atoms with Gasteiger partial charge in [-0.1, -0.05) is 18.2 Å². The molecule has 0 saturated carbocycles. The van der Waals surface area contributed by atoms with Gasteiger partial charge >= 0.3 is 5.97 Å². The van der Waals surface area contributed by atoms with Crippen molar-refractivity contribution in [3.05, 3.63) is 29.8 Å². The number of para-hydroxylation sites is 1. The van der Waals surface area contributed by atoms with Crippen LogP contribution in [0.15, 0.2) is 24.3 Å². The molecule has 2 N–H and O–H groups in total. The van der Waals surface area contributed by atoms with Gasteiger partial charge in [0.25, 0.3) is 0 Å². The van der Waals surface area contributed by atoms with Gasteiger partial charge in [-0.3, -0.25) is 9.59 Å². The molecular weight excluding hydrogens is 258 g/mol. The average Bonchev–Trinajstić information content (AvgIpc) is 2.38. The molecule has 1 rings (SSSR count). The van der Waals surface area contributed by atoms with E-state index in [1.54, 1.807) is 7.11 Å². The van der Waals surface area contributed by atoms with E-state index in [1.165, 1.54) is 0 Å². The van der Waals surface area contributed by atoms with Crippen molar-refractivity contribution in [2.75, 3.05) is 7.11 Å². The Morgan fingerprint density at radius 3 is 2.70 bits per heavy atom. The summed E-state index contributed by atoms with van der Waals surface area (Å²) in [6.45, 7) is 1.88. The monoisotopic (exact) mass is 279 g/mol. The maximum absolute atomic E-state index is 11.9. The Labute approximate surface area is 118 Å². The van der Waals surface area contributed by atoms with Crippen LogP contribution in [0.3, 0.4) is 0 Å². The maximum atomic E-state index is 11.9. The Bertz CT molecular complexity index is 459. The number of carbonyl (C=O) groups excluding carboxylic acids is 1. The number of hydrogen-bond donors (Lipinski definition) is 2. The van der Waals surface area contributed by atoms with E-state index in [0.29, 0.717) is 18.6 Å². The zero-order valence-corrected chi connectivity index (χ0v) is 11.9. The molecule has 1 atom stereocenters. The second kappa shape index (κ2) is 8.19. The van der Waals surface area contributed by atoms with Crippen molar-refractivity contribution in [1.82, 2.24) is 5.32 Å². The molecule has 0 bridgehead atoms. The van der Waals surface area contributed by atoms with E-state index >= 15 is 0 Å². The molecule has 1 aromatic rings. The summed E-state index contributed by atoms with van der Waals surface area (Å²) in [5.41, 5.74) is 0.838. The second-order valence-electron chi connectivity index (χ2n) is 4.74. The fourth-order valence-electron chi connectivity index (χ4n) is 1.98. The normalized spacial score (nSPS) is 11.7. The highest BCUT2D eigenvalue weighted by molar-refractivity contribution is 5.79. The lowest BCUT2D eigenvalue weighted by atomic mass is 10.1. The zero-order chi connectivity index (χ0) is 15.0. The van der Waals surface area contributed by atoms with E-state index in [0.717, 1.165) is 5.56 Å². The third-order valence-corrected chi connectivity index (χ3v) is 2.98. The number of carbonyl (C=O) groups is 2. The lowest BCUT2D eigenvalue weighted by molar-refractivity contribution is -0.137. The van der Waals surface area contributed by atoms with Gasteiger partial charge in [-0.15, -0.1) is 0 Å². The van der Waals surface area contributed by atoms with E-state index in [2.05, 4.69) is 5.32 Å². The first kappa shape index (κ1) is 16.0. The highest BCUT2D eigenvalue weighted by Gasteiger charge is 2.11. The lowest BCUT2D eigenvalue weighted by Crippen LogP contribution is -2.33. The van der Waals surface area contributed by atoms with Crippen molar-refractivity contribution in [2.24, 2.45) is 0 Å². The molecule has 0 aliphatic rings. The van der Waals surface area contributed by atoms with E-state index in [9.17, 15) is 9.59 Å². The first-order chi connectivity index (χ1) is 9.52. The summed E-state index contributed by atoms with van der Waals surface area (Å²) in [5, 5.41) is 11.4. The fourth-order valence-corrected chi connectivity index (χ4v) is 1.98. The highest BCUT2D eigenvalue weighted by Crippen LogP contribution is 2.17. The molecule has 1 unspecified atom stereocenters. The summed E-state index contributed by atoms with van der Waals surface area (Å²) in [5.74, 6) is -0.198. The van der Waals surface area contributed by atoms with Crippen LogP contribution in [0.5, 0.6) is 5.75 Å². The Morgan fingerprint density at radius 1 is 1.35 bits per heavy atom. The van der Waals surface area contributed by atoms with Crippen LogP contribution < -0.4 is 10.1 Å². The summed E-state index contributed by atoms with van der Waals surface area (Å²) in [6, 6.07) is 7.36. The van der Waals surface area contributed by atoms with Gasteiger partial charge in [-0.2, -0.15) is 0 Å². The third kappa shape index (κ3) is 5.73. The topological polar surface area (TPSA) is 75.6 Å². The molecule has 20 heavy (non-hydrogen) atoms. The van der Waals surface area contributed by atoms with Crippen LogP contribution >= 0.6 is 0 Å². The summed E-state index contributed by atoms with van der Waals surface area (Å²) in [6.07, 6.45) is 1.61. The minimum Gasteiger partial charge on any atom is -0.496 e. The standard InChI is InChI=1S/C15H21NO4/c1-11(6-5-9-15(18)19)16-14(17)10-12-7-3-4-8-13(12)20-2/h3-4,7-8,11H,5-6,9-10H2,1-2H3,(H,16,17)(H,18,19). The number of benzene rings is 1. The first-order valence-electron chi connectivity index (χ1n) is 6.66. The molecule has 1 aromatic carbocycles. The first-order valence-corrected chi connectivity index (χ1v) is 6.66. The van der Waals surface area contributed by atoms with Gasteiger partial charge in [0.15, 0.2) is 0 Å². The van der Waals surface area contributed by atoms with Gasteiger partial charge in [0, 0.05) is 18.0 Å². The molecule has 0 aromatic heterocycles. The van der Waals surface area contributed by atoms with Gasteiger partial charge in [0.2, 0.25) is 5.91 Å². The Morgan fingerprint density at radius 2 is 2.05 bits per heavy atom. The van der Waals surface area contributed by atoms with Crippen molar-refractivity contribution >= 4 is 11.9 Å². The van der Waals surface area contributed by atoms with Crippen LogP contribution in [0.25, 0.3) is 0 Å². The molecule has 0 saturated heterocycles. The van der Waals surface area contributed by atoms with Gasteiger partial charge in [0.1, 0.15) is 5.75 Å². The van der Waals surface area contributed by atoms with E-state index in [-0.39, 0.29) is 24.8 Å². The lowest BCUT2D eigenvalue weighted by Gasteiger charge is -2.14. The molecule has 0 spiro atoms. The van der Waals surface area contributed by atoms with E-state index in [1.807, 2.05) is 31.2 Å². The van der Waals surface area contributed by atoms with Crippen LogP contribution in [0.4, 0.5) is 0 Å². The summed E-state index contributed by atoms with van der Waals surface area (Å²) in [4.78, 5) is 22.3. The third-order valence-electron chi connectivity index (χ3n) is 2.98. The van der Waals surface area contributed by atoms with Crippen molar-refractivity contribution in [1.29, 1.82) is 0 Å². The van der Waals surface area contributed by atoms with Crippen LogP contribution in [-0.2, 0) is 16.0 Å². The summed E-state index contributed by atoms with van der Waals surface area (Å²) < 4.78 is 5.20. The summed E-state index contributed by atoms with van der Waals surface area (Å²) in [7, 11) is 1.57. The van der Waals surface area contributed by atoms with E-state index < -0.39 is 5.97 Å². The average molecular weight is 279 g/mol. The smallest absolute Gasteiger partial charge is 0.303 e. The number of aliphatic carboxylic acids is 1. The summed E-state index contributed by atoms with van der Waals surface area (Å²) >= 11 is 0. The molecule has 0 radical (unpaired) electrons. The van der Waals surface area contributed by atoms with Crippen molar-refractivity contribution in [3.63, 3.8) is 0 Å². The number of carboxylic acids is 1. The number of hydrogen-bond acceptors (Lipinski definition) is 3. The largest absolute Gasteiger partial charge is 0.496 e. The molecule has 5 heteroatoms. The Balaban J connectivity index is 2.41. The van der Waals surface area contributed by atoms with Gasteiger partial charge in [0.05, 0.1) is 13.5 Å². The molecule has 0 fully saturated rings. The number of nitrogens with one attached hydrogen (secondary N) is 1. The number of ether oxygens (including phenoxy) is 1. The zero-order valence-electron chi connectivity index (χ0n) is 11.9. The fraction of sp³-hybridized carbons (Fsp3) is 0.467. The number of methoxy groups -OCH3 is 1. The van der Waals surface area contributed by atoms with Crippen molar-refractivity contribution in [2.45, 2.75) is 38.6 Å². The van der Waals surface area contributed by atoms with Crippen molar-refractivity contribution in [3.8, 4) is 5.75 Å². The Kier molecular flexibility index (Phi) is 6.56. The molecule has 0 aliphatic carbocycles. The number of rotatable bonds is 8. The second-order valence-corrected chi connectivity index (χ2v) is 4.74. The number of carboxylic acid groups (broad SMARTS) is 1. The van der Waals surface area contributed by atoms with Crippen molar-refractivity contribution < 1.29 is 19.4 Å². The molecule has 110 valence electrons. The molecule has 0 heterocycles. The predicted octanol–water partition coefficient (Wildman–Crippen LogP) is 2.00. The Hall–Kier alpha value is -2.04. The minimum absolute atomic E-state index is 0.0310. The predicted molar refractivity (Wildman–Crippen MR) is 75.8 cm³/mol. The SMILES string of the molecule is COc1ccccc1CC(=O)NC(C)CCCC(=O)O. The number of amides is 1. The van der Waals surface area contributed by atoms with Crippen LogP contribution in [0, 0.1) is 0 Å². The van der Waals surface area contributed by atoms with Crippen LogP contribution in [-0.4, -0.2) is 30.1 Å². The maximum Gasteiger partial charge on any atom is 0.303 e. The van der Waals surface area contributed by atoms with E-state index in [4.69, 9.17) is 9.84 Å². The van der Waals surface area contributed by atoms with Crippen LogP contribution in [0.2, 0.25) is 0 Å². The quantitative estimate of drug-likeness (QED) is 0.763. The van der Waals surface area contributed by atoms with Gasteiger partial charge in [-0.05, 0) is 25.8 Å². The van der Waals surface area contributed by atoms with Gasteiger partial charge < -0.3 is 15.2 Å². The molecule has 0 aliphatic heterocycles. The molecule has 5 nitrogen and oxygen atoms in total. The molecule has 1 amide bonds. The highest BCUT2D eigenvalue weighted by atomic mass is 16.5. The van der Waals surface area contributed by atoms with Crippen LogP contribution in [0.1, 0.15) is 31.7 Å². The minimum atomic E-state index is -0.808. The molecular formula is C15H21NO4. The van der Waals surface area contributed by atoms with Gasteiger partial charge in [-0.25, -0.2) is 0 Å².